The first kappa shape index (κ1) is 12.9. The number of ether oxygens (including phenoxy) is 1. The molecule has 3 heterocycles. The lowest BCUT2D eigenvalue weighted by molar-refractivity contribution is 0.0727. The van der Waals surface area contributed by atoms with Gasteiger partial charge in [0.05, 0.1) is 18.8 Å². The van der Waals surface area contributed by atoms with Crippen LogP contribution in [-0.2, 0) is 4.74 Å². The summed E-state index contributed by atoms with van der Waals surface area (Å²) in [7, 11) is 0. The van der Waals surface area contributed by atoms with E-state index in [-0.39, 0.29) is 18.4 Å². The average Bonchev–Trinajstić information content (AvgIpc) is 2.81. The van der Waals surface area contributed by atoms with Gasteiger partial charge in [-0.3, -0.25) is 4.79 Å². The van der Waals surface area contributed by atoms with Crippen LogP contribution in [0.1, 0.15) is 10.4 Å². The third kappa shape index (κ3) is 2.47. The molecule has 3 rings (SSSR count). The number of fused-ring (bicyclic) bond motifs is 1. The van der Waals surface area contributed by atoms with Gasteiger partial charge in [-0.1, -0.05) is 0 Å². The topological polar surface area (TPSA) is 92.9 Å². The van der Waals surface area contributed by atoms with Crippen LogP contribution >= 0.6 is 0 Å². The zero-order valence-corrected chi connectivity index (χ0v) is 10.8. The minimum absolute atomic E-state index is 0.00973. The third-order valence-electron chi connectivity index (χ3n) is 3.32. The fourth-order valence-corrected chi connectivity index (χ4v) is 2.23. The van der Waals surface area contributed by atoms with Crippen molar-refractivity contribution < 1.29 is 14.6 Å². The number of carbonyl (C=O) groups is 1. The van der Waals surface area contributed by atoms with E-state index in [1.54, 1.807) is 23.2 Å². The summed E-state index contributed by atoms with van der Waals surface area (Å²) in [6, 6.07) is 3.40. The number of tetrazole rings is 1. The van der Waals surface area contributed by atoms with E-state index in [1.165, 1.54) is 4.52 Å². The summed E-state index contributed by atoms with van der Waals surface area (Å²) >= 11 is 0. The van der Waals surface area contributed by atoms with Crippen molar-refractivity contribution in [1.29, 1.82) is 0 Å². The van der Waals surface area contributed by atoms with Gasteiger partial charge in [0, 0.05) is 31.8 Å². The van der Waals surface area contributed by atoms with Gasteiger partial charge in [-0.05, 0) is 22.6 Å². The molecule has 0 radical (unpaired) electrons. The van der Waals surface area contributed by atoms with Gasteiger partial charge in [0.15, 0.2) is 5.65 Å². The Hall–Kier alpha value is -2.06. The summed E-state index contributed by atoms with van der Waals surface area (Å²) in [5, 5.41) is 20.4. The number of aliphatic hydroxyl groups excluding tert-OH is 1. The van der Waals surface area contributed by atoms with Crippen molar-refractivity contribution in [3.8, 4) is 0 Å². The number of nitrogens with zero attached hydrogens (tertiary/aromatic N) is 5. The number of aromatic nitrogens is 4. The first-order chi connectivity index (χ1) is 9.78. The minimum atomic E-state index is -0.105. The molecule has 0 saturated carbocycles. The maximum atomic E-state index is 12.5. The van der Waals surface area contributed by atoms with E-state index in [4.69, 9.17) is 4.74 Å². The molecule has 1 saturated heterocycles. The molecule has 1 aliphatic heterocycles. The van der Waals surface area contributed by atoms with Crippen LogP contribution in [0.25, 0.3) is 5.65 Å². The second-order valence-corrected chi connectivity index (χ2v) is 4.77. The lowest BCUT2D eigenvalue weighted by Gasteiger charge is -2.22. The maximum absolute atomic E-state index is 12.5. The maximum Gasteiger partial charge on any atom is 0.255 e. The Morgan fingerprint density at radius 1 is 1.50 bits per heavy atom. The molecule has 1 aliphatic rings. The molecule has 20 heavy (non-hydrogen) atoms. The molecule has 106 valence electrons. The average molecular weight is 277 g/mol. The van der Waals surface area contributed by atoms with E-state index in [0.717, 1.165) is 0 Å². The van der Waals surface area contributed by atoms with Crippen LogP contribution in [0.2, 0.25) is 0 Å². The van der Waals surface area contributed by atoms with Gasteiger partial charge < -0.3 is 14.7 Å². The van der Waals surface area contributed by atoms with E-state index in [9.17, 15) is 9.90 Å². The Morgan fingerprint density at radius 3 is 3.25 bits per heavy atom. The van der Waals surface area contributed by atoms with E-state index in [0.29, 0.717) is 37.5 Å². The van der Waals surface area contributed by atoms with Crippen molar-refractivity contribution in [3.63, 3.8) is 0 Å². The monoisotopic (exact) mass is 277 g/mol. The van der Waals surface area contributed by atoms with E-state index < -0.39 is 0 Å². The number of amides is 1. The van der Waals surface area contributed by atoms with Crippen molar-refractivity contribution in [3.05, 3.63) is 23.9 Å². The zero-order valence-electron chi connectivity index (χ0n) is 10.8. The van der Waals surface area contributed by atoms with Crippen LogP contribution in [0.5, 0.6) is 0 Å². The van der Waals surface area contributed by atoms with Crippen molar-refractivity contribution in [1.82, 2.24) is 24.9 Å². The summed E-state index contributed by atoms with van der Waals surface area (Å²) in [6.45, 7) is 1.98. The molecule has 1 amide bonds. The summed E-state index contributed by atoms with van der Waals surface area (Å²) in [4.78, 5) is 14.2. The highest BCUT2D eigenvalue weighted by atomic mass is 16.5. The van der Waals surface area contributed by atoms with Gasteiger partial charge in [0.1, 0.15) is 0 Å². The molecule has 8 nitrogen and oxygen atoms in total. The van der Waals surface area contributed by atoms with Gasteiger partial charge in [-0.15, -0.1) is 5.10 Å². The minimum Gasteiger partial charge on any atom is -0.396 e. The predicted octanol–water partition coefficient (Wildman–Crippen LogP) is -0.795. The van der Waals surface area contributed by atoms with Crippen molar-refractivity contribution in [2.45, 2.75) is 0 Å². The number of carbonyl (C=O) groups excluding carboxylic acids is 1. The van der Waals surface area contributed by atoms with E-state index in [2.05, 4.69) is 15.5 Å². The lowest BCUT2D eigenvalue weighted by Crippen LogP contribution is -2.36. The van der Waals surface area contributed by atoms with E-state index in [1.807, 2.05) is 0 Å². The molecule has 2 aromatic rings. The quantitative estimate of drug-likeness (QED) is 0.773. The smallest absolute Gasteiger partial charge is 0.255 e. The second-order valence-electron chi connectivity index (χ2n) is 4.77. The SMILES string of the molecule is O=C(c1ccc2nnnn2c1)N1CCOC[C@@H](CO)C1. The summed E-state index contributed by atoms with van der Waals surface area (Å²) in [5.74, 6) is -0.149. The molecule has 1 fully saturated rings. The van der Waals surface area contributed by atoms with Crippen molar-refractivity contribution >= 4 is 11.6 Å². The Bertz CT molecular complexity index is 614. The highest BCUT2D eigenvalue weighted by molar-refractivity contribution is 5.94. The van der Waals surface area contributed by atoms with Crippen molar-refractivity contribution in [2.75, 3.05) is 32.9 Å². The van der Waals surface area contributed by atoms with Crippen LogP contribution in [0.4, 0.5) is 0 Å². The number of rotatable bonds is 2. The molecule has 0 bridgehead atoms. The molecule has 0 aliphatic carbocycles. The van der Waals surface area contributed by atoms with E-state index >= 15 is 0 Å². The van der Waals surface area contributed by atoms with Gasteiger partial charge >= 0.3 is 0 Å². The number of aliphatic hydroxyl groups is 1. The van der Waals surface area contributed by atoms with Gasteiger partial charge in [0.25, 0.3) is 5.91 Å². The number of hydrogen-bond acceptors (Lipinski definition) is 6. The zero-order chi connectivity index (χ0) is 13.9. The fourth-order valence-electron chi connectivity index (χ4n) is 2.23. The summed E-state index contributed by atoms with van der Waals surface area (Å²) in [6.07, 6.45) is 1.61. The normalized spacial score (nSPS) is 20.1. The summed E-state index contributed by atoms with van der Waals surface area (Å²) < 4.78 is 6.84. The van der Waals surface area contributed by atoms with Crippen LogP contribution in [0, 0.1) is 5.92 Å². The Labute approximate surface area is 114 Å². The Kier molecular flexibility index (Phi) is 3.57. The molecular formula is C12H15N5O3. The fraction of sp³-hybridized carbons (Fsp3) is 0.500. The van der Waals surface area contributed by atoms with Crippen LogP contribution in [-0.4, -0.2) is 68.9 Å². The standard InChI is InChI=1S/C12H15N5O3/c18-7-9-5-16(3-4-20-8-9)12(19)10-1-2-11-13-14-15-17(11)6-10/h1-2,6,9,18H,3-5,7-8H2/t9-/m1/s1. The van der Waals surface area contributed by atoms with Crippen molar-refractivity contribution in [2.24, 2.45) is 5.92 Å². The molecule has 8 heteroatoms. The first-order valence-corrected chi connectivity index (χ1v) is 6.43. The van der Waals surface area contributed by atoms with Gasteiger partial charge in [-0.25, -0.2) is 0 Å². The lowest BCUT2D eigenvalue weighted by atomic mass is 10.1. The van der Waals surface area contributed by atoms with Crippen LogP contribution in [0.3, 0.4) is 0 Å². The highest BCUT2D eigenvalue weighted by Gasteiger charge is 2.23. The predicted molar refractivity (Wildman–Crippen MR) is 68.1 cm³/mol. The Balaban J connectivity index is 1.82. The highest BCUT2D eigenvalue weighted by Crippen LogP contribution is 2.11. The van der Waals surface area contributed by atoms with Gasteiger partial charge in [0.2, 0.25) is 0 Å². The molecule has 2 aromatic heterocycles. The second kappa shape index (κ2) is 5.51. The van der Waals surface area contributed by atoms with Gasteiger partial charge in [-0.2, -0.15) is 4.52 Å². The van der Waals surface area contributed by atoms with Crippen LogP contribution in [0.15, 0.2) is 18.3 Å². The number of hydrogen-bond donors (Lipinski definition) is 1. The summed E-state index contributed by atoms with van der Waals surface area (Å²) in [5.41, 5.74) is 1.11. The molecule has 1 N–H and O–H groups in total. The number of pyridine rings is 1. The molecule has 0 aromatic carbocycles. The third-order valence-corrected chi connectivity index (χ3v) is 3.32. The first-order valence-electron chi connectivity index (χ1n) is 6.43. The van der Waals surface area contributed by atoms with Crippen LogP contribution < -0.4 is 0 Å². The molecule has 0 unspecified atom stereocenters. The largest absolute Gasteiger partial charge is 0.396 e. The molecule has 0 spiro atoms. The Morgan fingerprint density at radius 2 is 2.40 bits per heavy atom. The molecular weight excluding hydrogens is 262 g/mol. The molecule has 1 atom stereocenters.